The van der Waals surface area contributed by atoms with Crippen molar-refractivity contribution in [1.29, 1.82) is 0 Å². The van der Waals surface area contributed by atoms with Gasteiger partial charge in [0, 0.05) is 358 Å². The number of rotatable bonds is 0. The van der Waals surface area contributed by atoms with Crippen molar-refractivity contribution in [2.45, 2.75) is 27.7 Å². The predicted molar refractivity (Wildman–Crippen MR) is 148 cm³/mol. The molecule has 0 amide bonds. The molecule has 0 saturated carbocycles. The van der Waals surface area contributed by atoms with Crippen molar-refractivity contribution in [3.05, 3.63) is 99.0 Å². The minimum atomic E-state index is 0. The average Bonchev–Trinajstić information content (AvgIpc) is 3.49. The van der Waals surface area contributed by atoms with Gasteiger partial charge in [-0.2, -0.15) is 0 Å². The third-order valence-corrected chi connectivity index (χ3v) is 5.80. The van der Waals surface area contributed by atoms with E-state index < -0.39 is 0 Å². The fourth-order valence-electron chi connectivity index (χ4n) is 3.78. The summed E-state index contributed by atoms with van der Waals surface area (Å²) in [5.74, 6) is 0. The van der Waals surface area contributed by atoms with E-state index in [1.165, 1.54) is 5.56 Å². The van der Waals surface area contributed by atoms with Crippen LogP contribution >= 0.6 is 0 Å². The van der Waals surface area contributed by atoms with Gasteiger partial charge in [0.25, 0.3) is 0 Å². The Balaban J connectivity index is -0.0000000640. The quantitative estimate of drug-likeness (QED) is 0.154. The molecule has 0 fully saturated rings. The first-order chi connectivity index (χ1) is 13.5. The summed E-state index contributed by atoms with van der Waals surface area (Å²) < 4.78 is 0. The number of hydrogen-bond donors (Lipinski definition) is 2. The Kier molecular flexibility index (Phi) is 63.5. The van der Waals surface area contributed by atoms with Crippen molar-refractivity contribution < 1.29 is 330 Å². The van der Waals surface area contributed by atoms with Crippen LogP contribution in [0.1, 0.15) is 47.9 Å². The van der Waals surface area contributed by atoms with E-state index in [-0.39, 0.29) is 360 Å². The maximum absolute atomic E-state index is 4.86. The maximum Gasteiger partial charge on any atom is 0.0688 e. The SMILES string of the molecule is Cc1c2nc(c(C)c3ccc([nH]3)c(C)c3ccc([nH]3)c(C)c3nc1C=C3)C=C2.[CH3-].[CH3-].[CH3-].[CH3-].[HH].[HH].[Y].[Y].[Y].[Y].[Y].[Y].[Y].[Y].[Y].[Y]. The van der Waals surface area contributed by atoms with Crippen LogP contribution in [0.25, 0.3) is 46.4 Å². The molecule has 0 spiro atoms. The summed E-state index contributed by atoms with van der Waals surface area (Å²) in [5, 5.41) is 0. The molecule has 8 bridgehead atoms. The molecule has 0 unspecified atom stereocenters. The molecule has 0 aliphatic carbocycles. The summed E-state index contributed by atoms with van der Waals surface area (Å²) in [5.41, 5.74) is 12.9. The first-order valence-electron chi connectivity index (χ1n) is 9.54. The number of aromatic nitrogens is 4. The van der Waals surface area contributed by atoms with Crippen molar-refractivity contribution in [3.8, 4) is 0 Å². The van der Waals surface area contributed by atoms with Crippen LogP contribution in [0.2, 0.25) is 0 Å². The molecule has 10 radical (unpaired) electrons. The van der Waals surface area contributed by atoms with Crippen LogP contribution in [0.15, 0.2) is 24.3 Å². The average molecular weight is 1320 g/mol. The topological polar surface area (TPSA) is 57.4 Å². The standard InChI is InChI=1S/C24H22N4.4CH3.10Y.2H2/c1-13-17-5-7-19(25-17)14(2)21-9-11-23(27-21)16(4)24-12-10-22(28-24)15(3)20-8-6-18(13)26-20;;;;;;;;;;;;;;;;/h5-12,25-26H,1-4H3;4*1H3;;;;;;;;;;;2*1H/q;4*-1;;;;;;;;;;;;. The van der Waals surface area contributed by atoms with Crippen LogP contribution in [-0.4, -0.2) is 19.9 Å². The van der Waals surface area contributed by atoms with Gasteiger partial charge in [0.15, 0.2) is 0 Å². The monoisotopic (exact) mass is 1320 g/mol. The van der Waals surface area contributed by atoms with Crippen molar-refractivity contribution in [2.24, 2.45) is 0 Å². The third kappa shape index (κ3) is 18.1. The normalized spacial score (nSPS) is 8.48. The molecule has 2 aliphatic rings. The number of hydrogen-bond acceptors (Lipinski definition) is 2. The van der Waals surface area contributed by atoms with Gasteiger partial charge in [-0.15, -0.1) is 0 Å². The van der Waals surface area contributed by atoms with E-state index in [2.05, 4.69) is 86.2 Å². The zero-order valence-corrected chi connectivity index (χ0v) is 54.7. The Morgan fingerprint density at radius 3 is 0.857 bits per heavy atom. The Morgan fingerprint density at radius 2 is 0.595 bits per heavy atom. The van der Waals surface area contributed by atoms with Gasteiger partial charge < -0.3 is 39.7 Å². The van der Waals surface area contributed by atoms with Crippen LogP contribution in [0, 0.1) is 57.4 Å². The van der Waals surface area contributed by atoms with Crippen LogP contribution < -0.4 is 0 Å². The zero-order valence-electron chi connectivity index (χ0n) is 26.3. The first-order valence-corrected chi connectivity index (χ1v) is 9.54. The molecule has 0 atom stereocenters. The summed E-state index contributed by atoms with van der Waals surface area (Å²) in [6.07, 6.45) is 8.33. The van der Waals surface area contributed by atoms with Gasteiger partial charge in [-0.05, 0) is 93.0 Å². The smallest absolute Gasteiger partial charge is 0.0688 e. The maximum atomic E-state index is 4.86. The summed E-state index contributed by atoms with van der Waals surface area (Å²) >= 11 is 0. The second kappa shape index (κ2) is 35.7. The second-order valence-electron chi connectivity index (χ2n) is 7.50. The van der Waals surface area contributed by atoms with Crippen molar-refractivity contribution >= 4 is 46.4 Å². The molecule has 2 N–H and O–H groups in total. The summed E-state index contributed by atoms with van der Waals surface area (Å²) in [4.78, 5) is 16.8. The van der Waals surface area contributed by atoms with Crippen molar-refractivity contribution in [2.75, 3.05) is 0 Å². The zero-order chi connectivity index (χ0) is 19.4. The summed E-state index contributed by atoms with van der Waals surface area (Å²) in [6.45, 7) is 8.44. The Morgan fingerprint density at radius 1 is 0.381 bits per heavy atom. The number of aryl methyl sites for hydroxylation is 3. The fraction of sp³-hybridized carbons (Fsp3) is 0.143. The second-order valence-corrected chi connectivity index (χ2v) is 7.50. The van der Waals surface area contributed by atoms with E-state index >= 15 is 0 Å². The van der Waals surface area contributed by atoms with E-state index in [1.807, 2.05) is 0 Å². The molecule has 5 heterocycles. The molecule has 3 aromatic rings. The molecular formula is C28H38N4Y10-4. The van der Waals surface area contributed by atoms with E-state index in [0.29, 0.717) is 0 Å². The molecule has 0 aromatic carbocycles. The van der Waals surface area contributed by atoms with E-state index in [9.17, 15) is 0 Å². The van der Waals surface area contributed by atoms with Gasteiger partial charge in [0.2, 0.25) is 0 Å². The predicted octanol–water partition coefficient (Wildman–Crippen LogP) is 8.16. The van der Waals surface area contributed by atoms with Crippen LogP contribution in [0.3, 0.4) is 0 Å². The fourth-order valence-corrected chi connectivity index (χ4v) is 3.78. The van der Waals surface area contributed by atoms with E-state index in [4.69, 9.17) is 9.97 Å². The molecule has 2 aliphatic heterocycles. The number of nitrogens with zero attached hydrogens (tertiary/aromatic N) is 2. The van der Waals surface area contributed by atoms with Gasteiger partial charge in [-0.3, -0.25) is 0 Å². The molecule has 4 nitrogen and oxygen atoms in total. The van der Waals surface area contributed by atoms with Crippen LogP contribution in [0.5, 0.6) is 0 Å². The van der Waals surface area contributed by atoms with E-state index in [1.54, 1.807) is 0 Å². The van der Waals surface area contributed by atoms with Gasteiger partial charge in [-0.25, -0.2) is 9.97 Å². The molecule has 0 saturated heterocycles. The summed E-state index contributed by atoms with van der Waals surface area (Å²) in [6, 6.07) is 8.52. The molecule has 42 heavy (non-hydrogen) atoms. The Hall–Kier alpha value is 7.64. The van der Waals surface area contributed by atoms with E-state index in [0.717, 1.165) is 61.5 Å². The molecule has 14 heteroatoms. The third-order valence-electron chi connectivity index (χ3n) is 5.80. The molecule has 3 aromatic heterocycles. The van der Waals surface area contributed by atoms with Crippen molar-refractivity contribution in [3.63, 3.8) is 0 Å². The van der Waals surface area contributed by atoms with Crippen LogP contribution in [0.4, 0.5) is 0 Å². The van der Waals surface area contributed by atoms with Gasteiger partial charge >= 0.3 is 0 Å². The Labute approximate surface area is 510 Å². The number of H-pyrrole nitrogens is 2. The minimum Gasteiger partial charge on any atom is -0.358 e. The van der Waals surface area contributed by atoms with Crippen LogP contribution in [-0.2, 0) is 327 Å². The first kappa shape index (κ1) is 74.7. The largest absolute Gasteiger partial charge is 0.358 e. The number of aromatic amines is 2. The number of nitrogens with one attached hydrogen (secondary N) is 2. The van der Waals surface area contributed by atoms with Gasteiger partial charge in [0.05, 0.1) is 22.8 Å². The Bertz CT molecular complexity index is 1290. The summed E-state index contributed by atoms with van der Waals surface area (Å²) in [7, 11) is 0. The number of fused-ring (bicyclic) bond motifs is 8. The van der Waals surface area contributed by atoms with Gasteiger partial charge in [-0.1, -0.05) is 0 Å². The minimum absolute atomic E-state index is 0. The molecule has 204 valence electrons. The van der Waals surface area contributed by atoms with Gasteiger partial charge in [0.1, 0.15) is 0 Å². The molecular weight excluding hydrogens is 1280 g/mol. The van der Waals surface area contributed by atoms with Crippen molar-refractivity contribution in [1.82, 2.24) is 19.9 Å². The molecule has 5 rings (SSSR count).